The molecule has 1 saturated heterocycles. The number of unbranched alkanes of at least 4 members (excludes halogenated alkanes) is 6. The summed E-state index contributed by atoms with van der Waals surface area (Å²) in [5.74, 6) is -0.303. The number of hydrogen-bond acceptors (Lipinski definition) is 4. The van der Waals surface area contributed by atoms with Crippen LogP contribution in [-0.2, 0) is 15.9 Å². The van der Waals surface area contributed by atoms with Crippen molar-refractivity contribution in [3.05, 3.63) is 65.0 Å². The van der Waals surface area contributed by atoms with Crippen LogP contribution in [0.15, 0.2) is 42.5 Å². The third kappa shape index (κ3) is 8.21. The zero-order valence-electron chi connectivity index (χ0n) is 20.7. The first kappa shape index (κ1) is 26.4. The smallest absolute Gasteiger partial charge is 0.343 e. The molecule has 1 fully saturated rings. The van der Waals surface area contributed by atoms with Gasteiger partial charge >= 0.3 is 5.97 Å². The van der Waals surface area contributed by atoms with Gasteiger partial charge < -0.3 is 14.2 Å². The standard InChI is InChI=1S/C29H39FO4/c1-3-5-7-8-10-12-23-20-32-29(33-21-23)26-18-15-24(19-27(26)30)28(31)34-25-16-13-22(14-17-25)11-9-6-4-2/h13-19,23,29H,3-12,20-21H2,1-2H3. The molecule has 0 N–H and O–H groups in total. The number of rotatable bonds is 13. The Balaban J connectivity index is 1.47. The maximum atomic E-state index is 14.8. The van der Waals surface area contributed by atoms with Crippen molar-refractivity contribution in [2.24, 2.45) is 5.92 Å². The van der Waals surface area contributed by atoms with E-state index in [1.165, 1.54) is 56.6 Å². The first-order chi connectivity index (χ1) is 16.6. The molecule has 1 heterocycles. The lowest BCUT2D eigenvalue weighted by molar-refractivity contribution is -0.207. The SMILES string of the molecule is CCCCCCCC1COC(c2ccc(C(=O)Oc3ccc(CCCCC)cc3)cc2F)OC1. The van der Waals surface area contributed by atoms with Gasteiger partial charge in [0.15, 0.2) is 6.29 Å². The summed E-state index contributed by atoms with van der Waals surface area (Å²) < 4.78 is 31.8. The van der Waals surface area contributed by atoms with E-state index >= 15 is 0 Å². The van der Waals surface area contributed by atoms with Crippen LogP contribution in [0.4, 0.5) is 4.39 Å². The molecule has 0 bridgehead atoms. The fraction of sp³-hybridized carbons (Fsp3) is 0.552. The van der Waals surface area contributed by atoms with Crippen LogP contribution in [0, 0.1) is 11.7 Å². The minimum Gasteiger partial charge on any atom is -0.423 e. The van der Waals surface area contributed by atoms with Crippen molar-refractivity contribution in [1.82, 2.24) is 0 Å². The van der Waals surface area contributed by atoms with Crippen LogP contribution < -0.4 is 4.74 Å². The number of benzene rings is 2. The number of aryl methyl sites for hydroxylation is 1. The molecule has 0 amide bonds. The highest BCUT2D eigenvalue weighted by Crippen LogP contribution is 2.29. The van der Waals surface area contributed by atoms with Gasteiger partial charge in [-0.3, -0.25) is 0 Å². The molecule has 5 heteroatoms. The van der Waals surface area contributed by atoms with Gasteiger partial charge in [-0.25, -0.2) is 9.18 Å². The van der Waals surface area contributed by atoms with Crippen LogP contribution in [0.2, 0.25) is 0 Å². The molecule has 4 nitrogen and oxygen atoms in total. The first-order valence-electron chi connectivity index (χ1n) is 12.9. The fourth-order valence-corrected chi connectivity index (χ4v) is 4.24. The highest BCUT2D eigenvalue weighted by Gasteiger charge is 2.26. The van der Waals surface area contributed by atoms with E-state index in [-0.39, 0.29) is 5.56 Å². The average molecular weight is 471 g/mol. The van der Waals surface area contributed by atoms with Crippen molar-refractivity contribution < 1.29 is 23.4 Å². The number of hydrogen-bond donors (Lipinski definition) is 0. The molecule has 3 rings (SSSR count). The summed E-state index contributed by atoms with van der Waals surface area (Å²) in [6, 6.07) is 11.8. The van der Waals surface area contributed by atoms with Crippen LogP contribution >= 0.6 is 0 Å². The number of carbonyl (C=O) groups excluding carboxylic acids is 1. The molecule has 0 aromatic heterocycles. The van der Waals surface area contributed by atoms with Gasteiger partial charge in [-0.2, -0.15) is 0 Å². The van der Waals surface area contributed by atoms with Gasteiger partial charge in [-0.05, 0) is 49.1 Å². The zero-order chi connectivity index (χ0) is 24.2. The van der Waals surface area contributed by atoms with E-state index in [2.05, 4.69) is 13.8 Å². The minimum absolute atomic E-state index is 0.161. The third-order valence-electron chi connectivity index (χ3n) is 6.38. The van der Waals surface area contributed by atoms with Gasteiger partial charge in [0.05, 0.1) is 18.8 Å². The molecule has 2 aromatic carbocycles. The molecule has 0 atom stereocenters. The van der Waals surface area contributed by atoms with Crippen LogP contribution in [0.25, 0.3) is 0 Å². The minimum atomic E-state index is -0.735. The molecule has 1 aliphatic rings. The topological polar surface area (TPSA) is 44.8 Å². The van der Waals surface area contributed by atoms with Crippen LogP contribution in [0.1, 0.15) is 99.4 Å². The molecule has 1 aliphatic heterocycles. The Bertz CT molecular complexity index is 872. The Labute approximate surface area is 203 Å². The van der Waals surface area contributed by atoms with Crippen LogP contribution in [-0.4, -0.2) is 19.2 Å². The van der Waals surface area contributed by atoms with E-state index < -0.39 is 18.1 Å². The molecular weight excluding hydrogens is 431 g/mol. The summed E-state index contributed by atoms with van der Waals surface area (Å²) in [7, 11) is 0. The lowest BCUT2D eigenvalue weighted by Gasteiger charge is -2.30. The largest absolute Gasteiger partial charge is 0.423 e. The summed E-state index contributed by atoms with van der Waals surface area (Å²) in [4.78, 5) is 12.5. The molecule has 0 radical (unpaired) electrons. The maximum Gasteiger partial charge on any atom is 0.343 e. The second-order valence-corrected chi connectivity index (χ2v) is 9.29. The van der Waals surface area contributed by atoms with Gasteiger partial charge in [0.2, 0.25) is 0 Å². The highest BCUT2D eigenvalue weighted by molar-refractivity contribution is 5.91. The highest BCUT2D eigenvalue weighted by atomic mass is 19.1. The zero-order valence-corrected chi connectivity index (χ0v) is 20.7. The molecule has 0 spiro atoms. The molecule has 34 heavy (non-hydrogen) atoms. The molecule has 0 unspecified atom stereocenters. The Kier molecular flexibility index (Phi) is 11.0. The second-order valence-electron chi connectivity index (χ2n) is 9.29. The Morgan fingerprint density at radius 1 is 0.912 bits per heavy atom. The Hall–Kier alpha value is -2.24. The van der Waals surface area contributed by atoms with Crippen molar-refractivity contribution in [2.75, 3.05) is 13.2 Å². The molecule has 0 aliphatic carbocycles. The third-order valence-corrected chi connectivity index (χ3v) is 6.38. The molecular formula is C29H39FO4. The quantitative estimate of drug-likeness (QED) is 0.170. The Morgan fingerprint density at radius 3 is 2.26 bits per heavy atom. The number of carbonyl (C=O) groups is 1. The summed E-state index contributed by atoms with van der Waals surface area (Å²) in [5.41, 5.74) is 1.69. The van der Waals surface area contributed by atoms with Crippen molar-refractivity contribution in [3.63, 3.8) is 0 Å². The number of halogens is 1. The molecule has 2 aromatic rings. The lowest BCUT2D eigenvalue weighted by Crippen LogP contribution is -2.27. The van der Waals surface area contributed by atoms with E-state index in [0.717, 1.165) is 19.3 Å². The van der Waals surface area contributed by atoms with Crippen LogP contribution in [0.5, 0.6) is 5.75 Å². The summed E-state index contributed by atoms with van der Waals surface area (Å²) in [6.07, 6.45) is 11.1. The van der Waals surface area contributed by atoms with Crippen LogP contribution in [0.3, 0.4) is 0 Å². The normalized spacial score (nSPS) is 18.1. The summed E-state index contributed by atoms with van der Waals surface area (Å²) >= 11 is 0. The predicted octanol–water partition coefficient (Wildman–Crippen LogP) is 7.80. The average Bonchev–Trinajstić information content (AvgIpc) is 2.85. The summed E-state index contributed by atoms with van der Waals surface area (Å²) in [6.45, 7) is 5.52. The van der Waals surface area contributed by atoms with Gasteiger partial charge in [0, 0.05) is 11.5 Å². The maximum absolute atomic E-state index is 14.8. The van der Waals surface area contributed by atoms with E-state index in [1.807, 2.05) is 12.1 Å². The van der Waals surface area contributed by atoms with Crippen molar-refractivity contribution in [3.8, 4) is 5.75 Å². The van der Waals surface area contributed by atoms with E-state index in [0.29, 0.717) is 30.4 Å². The predicted molar refractivity (Wildman–Crippen MR) is 133 cm³/mol. The van der Waals surface area contributed by atoms with Gasteiger partial charge in [0.1, 0.15) is 11.6 Å². The van der Waals surface area contributed by atoms with Crippen molar-refractivity contribution in [1.29, 1.82) is 0 Å². The number of esters is 1. The number of ether oxygens (including phenoxy) is 3. The molecule has 0 saturated carbocycles. The summed E-state index contributed by atoms with van der Waals surface area (Å²) in [5, 5.41) is 0. The van der Waals surface area contributed by atoms with Gasteiger partial charge in [-0.1, -0.05) is 77.0 Å². The first-order valence-corrected chi connectivity index (χ1v) is 12.9. The van der Waals surface area contributed by atoms with E-state index in [4.69, 9.17) is 14.2 Å². The fourth-order valence-electron chi connectivity index (χ4n) is 4.24. The van der Waals surface area contributed by atoms with E-state index in [1.54, 1.807) is 24.3 Å². The Morgan fingerprint density at radius 2 is 1.59 bits per heavy atom. The van der Waals surface area contributed by atoms with Crippen molar-refractivity contribution in [2.45, 2.75) is 84.3 Å². The second kappa shape index (κ2) is 14.2. The van der Waals surface area contributed by atoms with Crippen molar-refractivity contribution >= 4 is 5.97 Å². The van der Waals surface area contributed by atoms with Gasteiger partial charge in [0.25, 0.3) is 0 Å². The van der Waals surface area contributed by atoms with E-state index in [9.17, 15) is 9.18 Å². The lowest BCUT2D eigenvalue weighted by atomic mass is 10.0. The van der Waals surface area contributed by atoms with Gasteiger partial charge in [-0.15, -0.1) is 0 Å². The monoisotopic (exact) mass is 470 g/mol. The molecule has 186 valence electrons.